The van der Waals surface area contributed by atoms with E-state index in [-0.39, 0.29) is 5.91 Å². The normalized spacial score (nSPS) is 29.4. The number of nitrogens with one attached hydrogen (secondary N) is 2. The fourth-order valence-electron chi connectivity index (χ4n) is 2.80. The summed E-state index contributed by atoms with van der Waals surface area (Å²) in [6, 6.07) is 9.88. The summed E-state index contributed by atoms with van der Waals surface area (Å²) in [5, 5.41) is 6.16. The van der Waals surface area contributed by atoms with Gasteiger partial charge in [-0.2, -0.15) is 0 Å². The number of hydrogen-bond acceptors (Lipinski definition) is 3. The molecule has 0 saturated carbocycles. The van der Waals surface area contributed by atoms with Gasteiger partial charge in [-0.15, -0.1) is 0 Å². The Morgan fingerprint density at radius 3 is 2.78 bits per heavy atom. The van der Waals surface area contributed by atoms with Crippen LogP contribution in [0.4, 0.5) is 5.69 Å². The molecule has 0 aliphatic carbocycles. The van der Waals surface area contributed by atoms with Gasteiger partial charge >= 0.3 is 0 Å². The van der Waals surface area contributed by atoms with Crippen LogP contribution in [-0.2, 0) is 9.53 Å². The Hall–Kier alpha value is -1.39. The van der Waals surface area contributed by atoms with Gasteiger partial charge in [0.2, 0.25) is 5.91 Å². The molecule has 3 atom stereocenters. The number of rotatable bonds is 4. The van der Waals surface area contributed by atoms with Crippen LogP contribution in [-0.4, -0.2) is 30.7 Å². The lowest BCUT2D eigenvalue weighted by Gasteiger charge is -2.19. The van der Waals surface area contributed by atoms with Crippen LogP contribution in [0.3, 0.4) is 0 Å². The van der Waals surface area contributed by atoms with Crippen LogP contribution in [0.25, 0.3) is 0 Å². The molecule has 0 aromatic heterocycles. The van der Waals surface area contributed by atoms with E-state index in [4.69, 9.17) is 4.74 Å². The summed E-state index contributed by atoms with van der Waals surface area (Å²) in [4.78, 5) is 11.8. The number of para-hydroxylation sites is 1. The van der Waals surface area contributed by atoms with E-state index >= 15 is 0 Å². The first-order valence-corrected chi connectivity index (χ1v) is 6.55. The molecule has 18 heavy (non-hydrogen) atoms. The predicted octanol–water partition coefficient (Wildman–Crippen LogP) is 1.53. The van der Waals surface area contributed by atoms with Crippen LogP contribution in [0.5, 0.6) is 0 Å². The minimum atomic E-state index is 0.00368. The third-order valence-corrected chi connectivity index (χ3v) is 3.69. The highest BCUT2D eigenvalue weighted by Crippen LogP contribution is 2.34. The summed E-state index contributed by atoms with van der Waals surface area (Å²) < 4.78 is 5.74. The van der Waals surface area contributed by atoms with Gasteiger partial charge in [-0.1, -0.05) is 18.2 Å². The van der Waals surface area contributed by atoms with Gasteiger partial charge in [-0.3, -0.25) is 4.79 Å². The zero-order valence-electron chi connectivity index (χ0n) is 10.3. The zero-order chi connectivity index (χ0) is 12.4. The van der Waals surface area contributed by atoms with E-state index in [0.717, 1.165) is 18.5 Å². The van der Waals surface area contributed by atoms with Gasteiger partial charge in [0, 0.05) is 11.7 Å². The standard InChI is InChI=1S/C14H18N2O2/c17-14(16-10-4-2-1-3-5-10)9-15-12-8-11-6-7-13(12)18-11/h1-5,11-13,15H,6-9H2,(H,16,17). The summed E-state index contributed by atoms with van der Waals surface area (Å²) in [7, 11) is 0. The Labute approximate surface area is 107 Å². The van der Waals surface area contributed by atoms with Gasteiger partial charge in [0.25, 0.3) is 0 Å². The van der Waals surface area contributed by atoms with Crippen molar-refractivity contribution >= 4 is 11.6 Å². The fraction of sp³-hybridized carbons (Fsp3) is 0.500. The largest absolute Gasteiger partial charge is 0.373 e. The Morgan fingerprint density at radius 1 is 1.28 bits per heavy atom. The van der Waals surface area contributed by atoms with Crippen LogP contribution >= 0.6 is 0 Å². The van der Waals surface area contributed by atoms with Gasteiger partial charge in [-0.25, -0.2) is 0 Å². The topological polar surface area (TPSA) is 50.4 Å². The second-order valence-corrected chi connectivity index (χ2v) is 5.01. The Balaban J connectivity index is 1.45. The molecule has 2 fully saturated rings. The van der Waals surface area contributed by atoms with Crippen molar-refractivity contribution in [2.75, 3.05) is 11.9 Å². The van der Waals surface area contributed by atoms with E-state index in [1.165, 1.54) is 6.42 Å². The van der Waals surface area contributed by atoms with Crippen molar-refractivity contribution in [3.05, 3.63) is 30.3 Å². The lowest BCUT2D eigenvalue weighted by atomic mass is 9.95. The molecule has 2 N–H and O–H groups in total. The van der Waals surface area contributed by atoms with E-state index in [0.29, 0.717) is 24.8 Å². The predicted molar refractivity (Wildman–Crippen MR) is 69.4 cm³/mol. The van der Waals surface area contributed by atoms with Crippen LogP contribution in [0.1, 0.15) is 19.3 Å². The van der Waals surface area contributed by atoms with Crippen LogP contribution in [0, 0.1) is 0 Å². The lowest BCUT2D eigenvalue weighted by Crippen LogP contribution is -2.41. The minimum absolute atomic E-state index is 0.00368. The molecule has 2 saturated heterocycles. The van der Waals surface area contributed by atoms with E-state index in [1.54, 1.807) is 0 Å². The number of carbonyl (C=O) groups excluding carboxylic acids is 1. The molecule has 1 aromatic rings. The first-order chi connectivity index (χ1) is 8.81. The highest BCUT2D eigenvalue weighted by molar-refractivity contribution is 5.92. The number of ether oxygens (including phenoxy) is 1. The maximum Gasteiger partial charge on any atom is 0.238 e. The smallest absolute Gasteiger partial charge is 0.238 e. The number of anilines is 1. The first kappa shape index (κ1) is 11.7. The van der Waals surface area contributed by atoms with Crippen molar-refractivity contribution in [3.8, 4) is 0 Å². The van der Waals surface area contributed by atoms with Crippen molar-refractivity contribution in [1.82, 2.24) is 5.32 Å². The first-order valence-electron chi connectivity index (χ1n) is 6.55. The number of carbonyl (C=O) groups is 1. The summed E-state index contributed by atoms with van der Waals surface area (Å²) >= 11 is 0. The average Bonchev–Trinajstić information content (AvgIpc) is 3.00. The van der Waals surface area contributed by atoms with Gasteiger partial charge in [0.15, 0.2) is 0 Å². The molecular formula is C14H18N2O2. The second kappa shape index (κ2) is 5.08. The van der Waals surface area contributed by atoms with Crippen molar-refractivity contribution in [3.63, 3.8) is 0 Å². The van der Waals surface area contributed by atoms with Crippen LogP contribution in [0.2, 0.25) is 0 Å². The van der Waals surface area contributed by atoms with E-state index in [2.05, 4.69) is 10.6 Å². The number of amides is 1. The number of benzene rings is 1. The monoisotopic (exact) mass is 246 g/mol. The molecule has 2 aliphatic rings. The number of hydrogen-bond donors (Lipinski definition) is 2. The second-order valence-electron chi connectivity index (χ2n) is 5.01. The van der Waals surface area contributed by atoms with E-state index in [1.807, 2.05) is 30.3 Å². The molecule has 3 rings (SSSR count). The van der Waals surface area contributed by atoms with Crippen molar-refractivity contribution < 1.29 is 9.53 Å². The molecule has 1 amide bonds. The van der Waals surface area contributed by atoms with Crippen molar-refractivity contribution in [2.24, 2.45) is 0 Å². The summed E-state index contributed by atoms with van der Waals surface area (Å²) in [5.74, 6) is 0.00368. The molecule has 2 aliphatic heterocycles. The fourth-order valence-corrected chi connectivity index (χ4v) is 2.80. The third-order valence-electron chi connectivity index (χ3n) is 3.69. The summed E-state index contributed by atoms with van der Waals surface area (Å²) in [6.07, 6.45) is 4.09. The molecule has 2 heterocycles. The van der Waals surface area contributed by atoms with Gasteiger partial charge in [0.05, 0.1) is 18.8 Å². The average molecular weight is 246 g/mol. The maximum atomic E-state index is 11.8. The summed E-state index contributed by atoms with van der Waals surface area (Å²) in [5.41, 5.74) is 0.841. The molecule has 3 unspecified atom stereocenters. The molecule has 0 radical (unpaired) electrons. The van der Waals surface area contributed by atoms with Crippen molar-refractivity contribution in [1.29, 1.82) is 0 Å². The van der Waals surface area contributed by atoms with Crippen molar-refractivity contribution in [2.45, 2.75) is 37.5 Å². The SMILES string of the molecule is O=C(CNC1CC2CCC1O2)Nc1ccccc1. The quantitative estimate of drug-likeness (QED) is 0.847. The Morgan fingerprint density at radius 2 is 2.11 bits per heavy atom. The van der Waals surface area contributed by atoms with Gasteiger partial charge < -0.3 is 15.4 Å². The van der Waals surface area contributed by atoms with E-state index < -0.39 is 0 Å². The molecule has 1 aromatic carbocycles. The van der Waals surface area contributed by atoms with Crippen LogP contribution in [0.15, 0.2) is 30.3 Å². The molecule has 4 heteroatoms. The minimum Gasteiger partial charge on any atom is -0.373 e. The van der Waals surface area contributed by atoms with Crippen LogP contribution < -0.4 is 10.6 Å². The zero-order valence-corrected chi connectivity index (χ0v) is 10.3. The Bertz CT molecular complexity index is 421. The summed E-state index contributed by atoms with van der Waals surface area (Å²) in [6.45, 7) is 0.353. The maximum absolute atomic E-state index is 11.8. The Kier molecular flexibility index (Phi) is 3.30. The highest BCUT2D eigenvalue weighted by Gasteiger charge is 2.40. The van der Waals surface area contributed by atoms with E-state index in [9.17, 15) is 4.79 Å². The third kappa shape index (κ3) is 2.54. The van der Waals surface area contributed by atoms with Gasteiger partial charge in [0.1, 0.15) is 0 Å². The molecule has 2 bridgehead atoms. The molecular weight excluding hydrogens is 228 g/mol. The number of fused-ring (bicyclic) bond motifs is 2. The lowest BCUT2D eigenvalue weighted by molar-refractivity contribution is -0.115. The van der Waals surface area contributed by atoms with Gasteiger partial charge in [-0.05, 0) is 31.4 Å². The molecule has 96 valence electrons. The molecule has 0 spiro atoms. The highest BCUT2D eigenvalue weighted by atomic mass is 16.5. The molecule has 4 nitrogen and oxygen atoms in total.